The first-order valence-electron chi connectivity index (χ1n) is 6.63. The maximum Gasteiger partial charge on any atom is 0.223 e. The van der Waals surface area contributed by atoms with Crippen molar-refractivity contribution in [2.75, 3.05) is 18.4 Å². The first-order chi connectivity index (χ1) is 8.86. The van der Waals surface area contributed by atoms with E-state index in [0.717, 1.165) is 18.5 Å². The zero-order valence-corrected chi connectivity index (χ0v) is 10.6. The lowest BCUT2D eigenvalue weighted by molar-refractivity contribution is -0.125. The third kappa shape index (κ3) is 3.98. The first-order valence-corrected chi connectivity index (χ1v) is 6.63. The molecule has 1 aliphatic carbocycles. The van der Waals surface area contributed by atoms with Gasteiger partial charge >= 0.3 is 0 Å². The molecule has 1 aromatic heterocycles. The fraction of sp³-hybridized carbons (Fsp3) is 0.615. The average Bonchev–Trinajstić information content (AvgIpc) is 2.45. The molecule has 0 aromatic carbocycles. The van der Waals surface area contributed by atoms with Gasteiger partial charge in [0.2, 0.25) is 5.91 Å². The highest BCUT2D eigenvalue weighted by atomic mass is 16.1. The molecular formula is C13H20N4O. The molecule has 0 bridgehead atoms. The van der Waals surface area contributed by atoms with Gasteiger partial charge in [-0.15, -0.1) is 0 Å². The highest BCUT2D eigenvalue weighted by Gasteiger charge is 2.20. The van der Waals surface area contributed by atoms with E-state index >= 15 is 0 Å². The molecule has 2 rings (SSSR count). The van der Waals surface area contributed by atoms with Crippen LogP contribution >= 0.6 is 0 Å². The lowest BCUT2D eigenvalue weighted by atomic mass is 9.89. The Morgan fingerprint density at radius 2 is 1.89 bits per heavy atom. The summed E-state index contributed by atoms with van der Waals surface area (Å²) in [4.78, 5) is 19.7. The number of carbonyl (C=O) groups excluding carboxylic acids is 1. The summed E-state index contributed by atoms with van der Waals surface area (Å²) in [6.07, 6.45) is 10.7. The van der Waals surface area contributed by atoms with Crippen molar-refractivity contribution in [3.8, 4) is 0 Å². The van der Waals surface area contributed by atoms with Crippen molar-refractivity contribution in [3.05, 3.63) is 18.7 Å². The second-order valence-corrected chi connectivity index (χ2v) is 4.68. The Kier molecular flexibility index (Phi) is 4.93. The molecule has 5 heteroatoms. The topological polar surface area (TPSA) is 66.9 Å². The Labute approximate surface area is 107 Å². The second kappa shape index (κ2) is 6.93. The quantitative estimate of drug-likeness (QED) is 0.776. The molecule has 1 fully saturated rings. The predicted octanol–water partition coefficient (Wildman–Crippen LogP) is 1.58. The minimum absolute atomic E-state index is 0.209. The molecule has 0 radical (unpaired) electrons. The normalized spacial score (nSPS) is 16.2. The molecule has 1 aromatic rings. The molecule has 1 amide bonds. The van der Waals surface area contributed by atoms with Crippen LogP contribution in [0.4, 0.5) is 5.69 Å². The SMILES string of the molecule is O=C(NCCNc1cncnc1)C1CCCCC1. The number of carbonyl (C=O) groups is 1. The van der Waals surface area contributed by atoms with Crippen molar-refractivity contribution in [3.63, 3.8) is 0 Å². The first kappa shape index (κ1) is 12.8. The van der Waals surface area contributed by atoms with Crippen LogP contribution in [0.5, 0.6) is 0 Å². The van der Waals surface area contributed by atoms with Gasteiger partial charge in [0.25, 0.3) is 0 Å². The zero-order valence-electron chi connectivity index (χ0n) is 10.6. The van der Waals surface area contributed by atoms with Gasteiger partial charge in [-0.3, -0.25) is 4.79 Å². The van der Waals surface area contributed by atoms with Crippen LogP contribution in [0.15, 0.2) is 18.7 Å². The number of hydrogen-bond acceptors (Lipinski definition) is 4. The van der Waals surface area contributed by atoms with E-state index in [1.807, 2.05) is 0 Å². The smallest absolute Gasteiger partial charge is 0.223 e. The van der Waals surface area contributed by atoms with Crippen LogP contribution in [0, 0.1) is 5.92 Å². The Bertz CT molecular complexity index is 363. The number of nitrogens with one attached hydrogen (secondary N) is 2. The molecule has 1 heterocycles. The Hall–Kier alpha value is -1.65. The van der Waals surface area contributed by atoms with Gasteiger partial charge in [-0.25, -0.2) is 9.97 Å². The third-order valence-electron chi connectivity index (χ3n) is 3.29. The van der Waals surface area contributed by atoms with Crippen LogP contribution in [0.25, 0.3) is 0 Å². The molecular weight excluding hydrogens is 228 g/mol. The molecule has 0 atom stereocenters. The lowest BCUT2D eigenvalue weighted by Crippen LogP contribution is -2.34. The Balaban J connectivity index is 1.61. The summed E-state index contributed by atoms with van der Waals surface area (Å²) in [5.41, 5.74) is 0.879. The van der Waals surface area contributed by atoms with Crippen LogP contribution < -0.4 is 10.6 Å². The van der Waals surface area contributed by atoms with E-state index in [2.05, 4.69) is 20.6 Å². The zero-order chi connectivity index (χ0) is 12.6. The van der Waals surface area contributed by atoms with E-state index in [-0.39, 0.29) is 11.8 Å². The third-order valence-corrected chi connectivity index (χ3v) is 3.29. The summed E-state index contributed by atoms with van der Waals surface area (Å²) in [5, 5.41) is 6.14. The van der Waals surface area contributed by atoms with E-state index in [4.69, 9.17) is 0 Å². The van der Waals surface area contributed by atoms with Crippen molar-refractivity contribution in [1.29, 1.82) is 0 Å². The van der Waals surface area contributed by atoms with Crippen LogP contribution in [0.3, 0.4) is 0 Å². The number of anilines is 1. The fourth-order valence-corrected chi connectivity index (χ4v) is 2.29. The van der Waals surface area contributed by atoms with Gasteiger partial charge in [0.05, 0.1) is 18.1 Å². The van der Waals surface area contributed by atoms with Gasteiger partial charge in [-0.2, -0.15) is 0 Å². The molecule has 1 saturated carbocycles. The summed E-state index contributed by atoms with van der Waals surface area (Å²) in [6.45, 7) is 1.34. The summed E-state index contributed by atoms with van der Waals surface area (Å²) in [6, 6.07) is 0. The van der Waals surface area contributed by atoms with Gasteiger partial charge in [-0.05, 0) is 12.8 Å². The van der Waals surface area contributed by atoms with Crippen molar-refractivity contribution >= 4 is 11.6 Å². The van der Waals surface area contributed by atoms with Crippen molar-refractivity contribution < 1.29 is 4.79 Å². The number of hydrogen-bond donors (Lipinski definition) is 2. The minimum atomic E-state index is 0.209. The van der Waals surface area contributed by atoms with Crippen LogP contribution in [-0.2, 0) is 4.79 Å². The van der Waals surface area contributed by atoms with Gasteiger partial charge in [-0.1, -0.05) is 19.3 Å². The molecule has 98 valence electrons. The number of nitrogens with zero attached hydrogens (tertiary/aromatic N) is 2. The molecule has 0 aliphatic heterocycles. The van der Waals surface area contributed by atoms with Crippen molar-refractivity contribution in [1.82, 2.24) is 15.3 Å². The predicted molar refractivity (Wildman–Crippen MR) is 70.1 cm³/mol. The number of rotatable bonds is 5. The molecule has 2 N–H and O–H groups in total. The Morgan fingerprint density at radius 1 is 1.17 bits per heavy atom. The van der Waals surface area contributed by atoms with Gasteiger partial charge in [0.15, 0.2) is 0 Å². The second-order valence-electron chi connectivity index (χ2n) is 4.68. The molecule has 18 heavy (non-hydrogen) atoms. The molecule has 0 unspecified atom stereocenters. The van der Waals surface area contributed by atoms with E-state index < -0.39 is 0 Å². The standard InChI is InChI=1S/C13H20N4O/c18-13(11-4-2-1-3-5-11)17-7-6-16-12-8-14-10-15-9-12/h8-11,16H,1-7H2,(H,17,18). The lowest BCUT2D eigenvalue weighted by Gasteiger charge is -2.20. The van der Waals surface area contributed by atoms with E-state index in [0.29, 0.717) is 13.1 Å². The van der Waals surface area contributed by atoms with E-state index in [1.54, 1.807) is 12.4 Å². The molecule has 0 spiro atoms. The maximum absolute atomic E-state index is 11.8. The van der Waals surface area contributed by atoms with Crippen LogP contribution in [-0.4, -0.2) is 29.0 Å². The molecule has 0 saturated heterocycles. The monoisotopic (exact) mass is 248 g/mol. The van der Waals surface area contributed by atoms with Crippen LogP contribution in [0.2, 0.25) is 0 Å². The van der Waals surface area contributed by atoms with Gasteiger partial charge in [0, 0.05) is 19.0 Å². The summed E-state index contributed by atoms with van der Waals surface area (Å²) in [5.74, 6) is 0.444. The fourth-order valence-electron chi connectivity index (χ4n) is 2.29. The van der Waals surface area contributed by atoms with Crippen molar-refractivity contribution in [2.24, 2.45) is 5.92 Å². The number of aromatic nitrogens is 2. The largest absolute Gasteiger partial charge is 0.381 e. The van der Waals surface area contributed by atoms with E-state index in [1.165, 1.54) is 25.6 Å². The van der Waals surface area contributed by atoms with Crippen LogP contribution in [0.1, 0.15) is 32.1 Å². The van der Waals surface area contributed by atoms with Gasteiger partial charge < -0.3 is 10.6 Å². The minimum Gasteiger partial charge on any atom is -0.381 e. The number of amides is 1. The Morgan fingerprint density at radius 3 is 2.61 bits per heavy atom. The summed E-state index contributed by atoms with van der Waals surface area (Å²) < 4.78 is 0. The van der Waals surface area contributed by atoms with Crippen molar-refractivity contribution in [2.45, 2.75) is 32.1 Å². The average molecular weight is 248 g/mol. The molecule has 1 aliphatic rings. The molecule has 5 nitrogen and oxygen atoms in total. The van der Waals surface area contributed by atoms with Gasteiger partial charge in [0.1, 0.15) is 6.33 Å². The van der Waals surface area contributed by atoms with E-state index in [9.17, 15) is 4.79 Å². The highest BCUT2D eigenvalue weighted by Crippen LogP contribution is 2.23. The maximum atomic E-state index is 11.8. The summed E-state index contributed by atoms with van der Waals surface area (Å²) in [7, 11) is 0. The highest BCUT2D eigenvalue weighted by molar-refractivity contribution is 5.78. The summed E-state index contributed by atoms with van der Waals surface area (Å²) >= 11 is 0.